The van der Waals surface area contributed by atoms with Gasteiger partial charge in [0.15, 0.2) is 6.10 Å². The Morgan fingerprint density at radius 1 is 1.17 bits per heavy atom. The Labute approximate surface area is 172 Å². The lowest BCUT2D eigenvalue weighted by Gasteiger charge is -2.23. The second-order valence-electron chi connectivity index (χ2n) is 6.68. The fraction of sp³-hybridized carbons (Fsp3) is 0.227. The van der Waals surface area contributed by atoms with Crippen LogP contribution in [0.1, 0.15) is 19.2 Å². The van der Waals surface area contributed by atoms with Crippen LogP contribution >= 0.6 is 11.3 Å². The van der Waals surface area contributed by atoms with Gasteiger partial charge in [0, 0.05) is 12.4 Å². The largest absolute Gasteiger partial charge is 0.480 e. The van der Waals surface area contributed by atoms with E-state index < -0.39 is 6.10 Å². The molecule has 2 heterocycles. The molecule has 29 heavy (non-hydrogen) atoms. The van der Waals surface area contributed by atoms with Gasteiger partial charge in [-0.05, 0) is 29.3 Å². The van der Waals surface area contributed by atoms with Gasteiger partial charge >= 0.3 is 0 Å². The quantitative estimate of drug-likeness (QED) is 0.441. The van der Waals surface area contributed by atoms with Crippen molar-refractivity contribution in [1.29, 1.82) is 0 Å². The molecule has 2 aromatic heterocycles. The minimum absolute atomic E-state index is 0.128. The van der Waals surface area contributed by atoms with Crippen molar-refractivity contribution in [3.8, 4) is 16.5 Å². The van der Waals surface area contributed by atoms with Crippen LogP contribution in [0, 0.1) is 0 Å². The molecule has 148 valence electrons. The summed E-state index contributed by atoms with van der Waals surface area (Å²) < 4.78 is 11.4. The van der Waals surface area contributed by atoms with E-state index in [1.54, 1.807) is 11.9 Å². The molecule has 0 radical (unpaired) electrons. The predicted octanol–water partition coefficient (Wildman–Crippen LogP) is 4.77. The minimum atomic E-state index is -0.592. The molecule has 0 fully saturated rings. The molecule has 0 N–H and O–H groups in total. The van der Waals surface area contributed by atoms with Gasteiger partial charge in [-0.2, -0.15) is 4.98 Å². The summed E-state index contributed by atoms with van der Waals surface area (Å²) in [5, 5.41) is 8.01. The van der Waals surface area contributed by atoms with E-state index in [1.165, 1.54) is 11.3 Å². The van der Waals surface area contributed by atoms with Crippen LogP contribution in [-0.2, 0) is 11.3 Å². The highest BCUT2D eigenvalue weighted by molar-refractivity contribution is 7.13. The number of carbonyl (C=O) groups excluding carboxylic acids is 1. The van der Waals surface area contributed by atoms with Crippen LogP contribution < -0.4 is 4.74 Å². The number of fused-ring (bicyclic) bond motifs is 1. The van der Waals surface area contributed by atoms with Crippen LogP contribution in [0.5, 0.6) is 5.75 Å². The Bertz CT molecular complexity index is 1100. The average Bonchev–Trinajstić information content (AvgIpc) is 3.43. The van der Waals surface area contributed by atoms with Crippen LogP contribution in [0.25, 0.3) is 21.5 Å². The van der Waals surface area contributed by atoms with Gasteiger partial charge in [0.25, 0.3) is 5.91 Å². The fourth-order valence-corrected chi connectivity index (χ4v) is 3.76. The number of thiophene rings is 1. The minimum Gasteiger partial charge on any atom is -0.480 e. The summed E-state index contributed by atoms with van der Waals surface area (Å²) in [7, 11) is 1.71. The first-order valence-corrected chi connectivity index (χ1v) is 10.3. The van der Waals surface area contributed by atoms with E-state index in [2.05, 4.69) is 10.1 Å². The van der Waals surface area contributed by atoms with Crippen LogP contribution in [0.3, 0.4) is 0 Å². The zero-order chi connectivity index (χ0) is 20.2. The molecule has 1 atom stereocenters. The standard InChI is InChI=1S/C22H21N3O3S/c1-3-17(27-18-11-6-9-15-8-4-5-10-16(15)18)22(26)25(2)14-20-23-21(24-28-20)19-12-7-13-29-19/h4-13,17H,3,14H2,1-2H3. The first-order chi connectivity index (χ1) is 14.2. The summed E-state index contributed by atoms with van der Waals surface area (Å²) in [6, 6.07) is 17.7. The van der Waals surface area contributed by atoms with E-state index in [4.69, 9.17) is 9.26 Å². The van der Waals surface area contributed by atoms with Crippen molar-refractivity contribution in [2.24, 2.45) is 0 Å². The lowest BCUT2D eigenvalue weighted by molar-refractivity contribution is -0.138. The van der Waals surface area contributed by atoms with Crippen LogP contribution in [0.15, 0.2) is 64.5 Å². The molecule has 0 aliphatic carbocycles. The molecular weight excluding hydrogens is 386 g/mol. The number of carbonyl (C=O) groups is 1. The lowest BCUT2D eigenvalue weighted by atomic mass is 10.1. The number of nitrogens with zero attached hydrogens (tertiary/aromatic N) is 3. The van der Waals surface area contributed by atoms with E-state index in [-0.39, 0.29) is 12.5 Å². The normalized spacial score (nSPS) is 12.1. The highest BCUT2D eigenvalue weighted by atomic mass is 32.1. The van der Waals surface area contributed by atoms with Crippen LogP contribution in [0.2, 0.25) is 0 Å². The third-order valence-electron chi connectivity index (χ3n) is 4.62. The molecule has 6 nitrogen and oxygen atoms in total. The Hall–Kier alpha value is -3.19. The van der Waals surface area contributed by atoms with Gasteiger partial charge in [-0.1, -0.05) is 54.5 Å². The highest BCUT2D eigenvalue weighted by Gasteiger charge is 2.24. The van der Waals surface area contributed by atoms with Gasteiger partial charge in [0.1, 0.15) is 5.75 Å². The maximum Gasteiger partial charge on any atom is 0.263 e. The second-order valence-corrected chi connectivity index (χ2v) is 7.62. The number of likely N-dealkylation sites (N-methyl/N-ethyl adjacent to an activating group) is 1. The highest BCUT2D eigenvalue weighted by Crippen LogP contribution is 2.27. The van der Waals surface area contributed by atoms with E-state index >= 15 is 0 Å². The average molecular weight is 407 g/mol. The molecule has 0 spiro atoms. The van der Waals surface area contributed by atoms with Crippen LogP contribution in [0.4, 0.5) is 0 Å². The second kappa shape index (κ2) is 8.45. The Balaban J connectivity index is 1.46. The molecular formula is C22H21N3O3S. The Morgan fingerprint density at radius 2 is 2.00 bits per heavy atom. The number of hydrogen-bond acceptors (Lipinski definition) is 6. The summed E-state index contributed by atoms with van der Waals surface area (Å²) >= 11 is 1.54. The van der Waals surface area contributed by atoms with Crippen molar-refractivity contribution in [2.75, 3.05) is 7.05 Å². The lowest BCUT2D eigenvalue weighted by Crippen LogP contribution is -2.39. The zero-order valence-electron chi connectivity index (χ0n) is 16.2. The third kappa shape index (κ3) is 4.14. The fourth-order valence-electron chi connectivity index (χ4n) is 3.11. The van der Waals surface area contributed by atoms with Gasteiger partial charge in [-0.25, -0.2) is 0 Å². The van der Waals surface area contributed by atoms with E-state index in [0.29, 0.717) is 23.9 Å². The molecule has 0 saturated heterocycles. The van der Waals surface area contributed by atoms with Crippen molar-refractivity contribution in [2.45, 2.75) is 26.0 Å². The molecule has 4 rings (SSSR count). The molecule has 4 aromatic rings. The Morgan fingerprint density at radius 3 is 2.79 bits per heavy atom. The van der Waals surface area contributed by atoms with Gasteiger partial charge < -0.3 is 14.2 Å². The van der Waals surface area contributed by atoms with E-state index in [1.807, 2.05) is 66.9 Å². The molecule has 7 heteroatoms. The number of aromatic nitrogens is 2. The molecule has 1 unspecified atom stereocenters. The number of benzene rings is 2. The predicted molar refractivity (Wildman–Crippen MR) is 113 cm³/mol. The summed E-state index contributed by atoms with van der Waals surface area (Å²) in [4.78, 5) is 19.8. The number of amides is 1. The maximum atomic E-state index is 13.0. The molecule has 1 amide bonds. The van der Waals surface area contributed by atoms with E-state index in [0.717, 1.165) is 15.6 Å². The summed E-state index contributed by atoms with van der Waals surface area (Å²) in [5.41, 5.74) is 0. The van der Waals surface area contributed by atoms with Gasteiger partial charge in [-0.15, -0.1) is 11.3 Å². The van der Waals surface area contributed by atoms with Gasteiger partial charge in [-0.3, -0.25) is 4.79 Å². The first kappa shape index (κ1) is 19.1. The van der Waals surface area contributed by atoms with Gasteiger partial charge in [0.05, 0.1) is 11.4 Å². The third-order valence-corrected chi connectivity index (χ3v) is 5.49. The smallest absolute Gasteiger partial charge is 0.263 e. The molecule has 0 aliphatic heterocycles. The van der Waals surface area contributed by atoms with Crippen molar-refractivity contribution < 1.29 is 14.1 Å². The van der Waals surface area contributed by atoms with Crippen molar-refractivity contribution in [1.82, 2.24) is 15.0 Å². The van der Waals surface area contributed by atoms with Crippen molar-refractivity contribution >= 4 is 28.0 Å². The molecule has 0 saturated carbocycles. The summed E-state index contributed by atoms with van der Waals surface area (Å²) in [5.74, 6) is 1.50. The van der Waals surface area contributed by atoms with Crippen molar-refractivity contribution in [3.63, 3.8) is 0 Å². The molecule has 0 aliphatic rings. The van der Waals surface area contributed by atoms with Gasteiger partial charge in [0.2, 0.25) is 11.7 Å². The van der Waals surface area contributed by atoms with Crippen LogP contribution in [-0.4, -0.2) is 34.1 Å². The summed E-state index contributed by atoms with van der Waals surface area (Å²) in [6.07, 6.45) is -0.0399. The monoisotopic (exact) mass is 407 g/mol. The summed E-state index contributed by atoms with van der Waals surface area (Å²) in [6.45, 7) is 2.16. The molecule has 2 aromatic carbocycles. The topological polar surface area (TPSA) is 68.5 Å². The number of hydrogen-bond donors (Lipinski definition) is 0. The van der Waals surface area contributed by atoms with Crippen molar-refractivity contribution in [3.05, 3.63) is 65.9 Å². The first-order valence-electron chi connectivity index (χ1n) is 9.41. The van der Waals surface area contributed by atoms with E-state index in [9.17, 15) is 4.79 Å². The molecule has 0 bridgehead atoms. The number of ether oxygens (including phenoxy) is 1. The Kier molecular flexibility index (Phi) is 5.57. The zero-order valence-corrected chi connectivity index (χ0v) is 17.1. The maximum absolute atomic E-state index is 13.0. The SMILES string of the molecule is CCC(Oc1cccc2ccccc12)C(=O)N(C)Cc1nc(-c2cccs2)no1. The number of rotatable bonds is 7.